The summed E-state index contributed by atoms with van der Waals surface area (Å²) in [6, 6.07) is 17.7. The monoisotopic (exact) mass is 286 g/mol. The van der Waals surface area contributed by atoms with Crippen LogP contribution >= 0.6 is 22.9 Å². The molecule has 0 bridgehead atoms. The molecule has 0 saturated heterocycles. The molecule has 94 valence electrons. The van der Waals surface area contributed by atoms with Crippen molar-refractivity contribution in [1.82, 2.24) is 4.98 Å². The number of thiazole rings is 1. The van der Waals surface area contributed by atoms with Crippen molar-refractivity contribution in [3.63, 3.8) is 0 Å². The molecule has 0 aliphatic heterocycles. The number of nitrogens with one attached hydrogen (secondary N) is 1. The summed E-state index contributed by atoms with van der Waals surface area (Å²) in [6.07, 6.45) is 0. The van der Waals surface area contributed by atoms with E-state index in [1.54, 1.807) is 11.3 Å². The SMILES string of the molecule is Clc1ccccc1-c1csc(Nc2ccccc2)n1. The zero-order valence-corrected chi connectivity index (χ0v) is 11.6. The fraction of sp³-hybridized carbons (Fsp3) is 0. The first-order chi connectivity index (χ1) is 9.33. The Morgan fingerprint density at radius 1 is 0.947 bits per heavy atom. The molecule has 0 unspecified atom stereocenters. The van der Waals surface area contributed by atoms with Gasteiger partial charge >= 0.3 is 0 Å². The highest BCUT2D eigenvalue weighted by atomic mass is 35.5. The van der Waals surface area contributed by atoms with Crippen LogP contribution in [0.1, 0.15) is 0 Å². The normalized spacial score (nSPS) is 10.4. The van der Waals surface area contributed by atoms with Crippen LogP contribution in [0.2, 0.25) is 5.02 Å². The van der Waals surface area contributed by atoms with E-state index in [1.807, 2.05) is 60.0 Å². The molecule has 0 saturated carbocycles. The Kier molecular flexibility index (Phi) is 3.49. The van der Waals surface area contributed by atoms with Crippen molar-refractivity contribution in [3.05, 3.63) is 65.0 Å². The lowest BCUT2D eigenvalue weighted by atomic mass is 10.2. The van der Waals surface area contributed by atoms with E-state index in [1.165, 1.54) is 0 Å². The Hall–Kier alpha value is -1.84. The highest BCUT2D eigenvalue weighted by molar-refractivity contribution is 7.14. The lowest BCUT2D eigenvalue weighted by Gasteiger charge is -2.01. The minimum atomic E-state index is 0.721. The summed E-state index contributed by atoms with van der Waals surface area (Å²) in [7, 11) is 0. The average Bonchev–Trinajstić information content (AvgIpc) is 2.89. The molecule has 1 N–H and O–H groups in total. The van der Waals surface area contributed by atoms with Crippen molar-refractivity contribution in [2.45, 2.75) is 0 Å². The minimum Gasteiger partial charge on any atom is -0.332 e. The summed E-state index contributed by atoms with van der Waals surface area (Å²) in [5.41, 5.74) is 2.89. The van der Waals surface area contributed by atoms with E-state index < -0.39 is 0 Å². The molecule has 4 heteroatoms. The van der Waals surface area contributed by atoms with Gasteiger partial charge in [-0.3, -0.25) is 0 Å². The van der Waals surface area contributed by atoms with Crippen molar-refractivity contribution in [1.29, 1.82) is 0 Å². The third kappa shape index (κ3) is 2.78. The maximum Gasteiger partial charge on any atom is 0.187 e. The number of halogens is 1. The third-order valence-electron chi connectivity index (χ3n) is 2.68. The van der Waals surface area contributed by atoms with Gasteiger partial charge in [0.2, 0.25) is 0 Å². The molecular formula is C15H11ClN2S. The second kappa shape index (κ2) is 5.43. The summed E-state index contributed by atoms with van der Waals surface area (Å²) >= 11 is 7.74. The average molecular weight is 287 g/mol. The zero-order chi connectivity index (χ0) is 13.1. The molecule has 0 spiro atoms. The van der Waals surface area contributed by atoms with Crippen LogP contribution in [0.3, 0.4) is 0 Å². The fourth-order valence-electron chi connectivity index (χ4n) is 1.77. The number of benzene rings is 2. The molecule has 2 aromatic carbocycles. The maximum atomic E-state index is 6.17. The van der Waals surface area contributed by atoms with Crippen LogP contribution in [0.4, 0.5) is 10.8 Å². The Balaban J connectivity index is 1.86. The molecular weight excluding hydrogens is 276 g/mol. The maximum absolute atomic E-state index is 6.17. The largest absolute Gasteiger partial charge is 0.332 e. The van der Waals surface area contributed by atoms with Gasteiger partial charge in [-0.1, -0.05) is 48.0 Å². The van der Waals surface area contributed by atoms with E-state index in [4.69, 9.17) is 11.6 Å². The van der Waals surface area contributed by atoms with Gasteiger partial charge in [0.25, 0.3) is 0 Å². The quantitative estimate of drug-likeness (QED) is 0.715. The van der Waals surface area contributed by atoms with Gasteiger partial charge in [0.05, 0.1) is 5.69 Å². The first-order valence-corrected chi connectivity index (χ1v) is 7.11. The Morgan fingerprint density at radius 3 is 2.47 bits per heavy atom. The van der Waals surface area contributed by atoms with Crippen molar-refractivity contribution >= 4 is 33.8 Å². The Labute approximate surface area is 120 Å². The van der Waals surface area contributed by atoms with Gasteiger partial charge in [0, 0.05) is 21.7 Å². The van der Waals surface area contributed by atoms with E-state index in [2.05, 4.69) is 10.3 Å². The molecule has 0 fully saturated rings. The molecule has 3 rings (SSSR count). The predicted molar refractivity (Wildman–Crippen MR) is 82.3 cm³/mol. The summed E-state index contributed by atoms with van der Waals surface area (Å²) < 4.78 is 0. The Bertz CT molecular complexity index is 679. The first-order valence-electron chi connectivity index (χ1n) is 5.85. The highest BCUT2D eigenvalue weighted by Crippen LogP contribution is 2.31. The van der Waals surface area contributed by atoms with Gasteiger partial charge in [-0.25, -0.2) is 4.98 Å². The molecule has 0 radical (unpaired) electrons. The molecule has 2 nitrogen and oxygen atoms in total. The minimum absolute atomic E-state index is 0.721. The zero-order valence-electron chi connectivity index (χ0n) is 10.0. The van der Waals surface area contributed by atoms with Crippen LogP contribution < -0.4 is 5.32 Å². The predicted octanol–water partition coefficient (Wildman–Crippen LogP) is 5.21. The molecule has 0 aliphatic rings. The van der Waals surface area contributed by atoms with E-state index in [9.17, 15) is 0 Å². The lowest BCUT2D eigenvalue weighted by molar-refractivity contribution is 1.38. The van der Waals surface area contributed by atoms with Gasteiger partial charge in [-0.2, -0.15) is 0 Å². The number of hydrogen-bond donors (Lipinski definition) is 1. The van der Waals surface area contributed by atoms with E-state index >= 15 is 0 Å². The van der Waals surface area contributed by atoms with Crippen LogP contribution in [0.25, 0.3) is 11.3 Å². The van der Waals surface area contributed by atoms with Gasteiger partial charge in [0.15, 0.2) is 5.13 Å². The van der Waals surface area contributed by atoms with Crippen LogP contribution in [-0.4, -0.2) is 4.98 Å². The summed E-state index contributed by atoms with van der Waals surface area (Å²) in [6.45, 7) is 0. The molecule has 0 amide bonds. The van der Waals surface area contributed by atoms with Crippen molar-refractivity contribution in [2.24, 2.45) is 0 Å². The third-order valence-corrected chi connectivity index (χ3v) is 3.77. The topological polar surface area (TPSA) is 24.9 Å². The second-order valence-electron chi connectivity index (χ2n) is 4.01. The molecule has 1 heterocycles. The molecule has 0 aliphatic carbocycles. The van der Waals surface area contributed by atoms with Crippen molar-refractivity contribution < 1.29 is 0 Å². The van der Waals surface area contributed by atoms with Gasteiger partial charge in [0.1, 0.15) is 0 Å². The van der Waals surface area contributed by atoms with E-state index in [0.717, 1.165) is 27.1 Å². The smallest absolute Gasteiger partial charge is 0.187 e. The van der Waals surface area contributed by atoms with E-state index in [0.29, 0.717) is 0 Å². The van der Waals surface area contributed by atoms with Crippen molar-refractivity contribution in [3.8, 4) is 11.3 Å². The molecule has 1 aromatic heterocycles. The standard InChI is InChI=1S/C15H11ClN2S/c16-13-9-5-4-8-12(13)14-10-19-15(18-14)17-11-6-2-1-3-7-11/h1-10H,(H,17,18). The first kappa shape index (κ1) is 12.2. The Morgan fingerprint density at radius 2 is 1.68 bits per heavy atom. The van der Waals surface area contributed by atoms with Crippen LogP contribution in [0.5, 0.6) is 0 Å². The molecule has 3 aromatic rings. The lowest BCUT2D eigenvalue weighted by Crippen LogP contribution is -1.88. The highest BCUT2D eigenvalue weighted by Gasteiger charge is 2.07. The summed E-state index contributed by atoms with van der Waals surface area (Å²) in [5.74, 6) is 0. The number of hydrogen-bond acceptors (Lipinski definition) is 3. The number of nitrogens with zero attached hydrogens (tertiary/aromatic N) is 1. The van der Waals surface area contributed by atoms with Gasteiger partial charge in [-0.15, -0.1) is 11.3 Å². The van der Waals surface area contributed by atoms with Gasteiger partial charge in [-0.05, 0) is 18.2 Å². The van der Waals surface area contributed by atoms with E-state index in [-0.39, 0.29) is 0 Å². The fourth-order valence-corrected chi connectivity index (χ4v) is 2.73. The molecule has 19 heavy (non-hydrogen) atoms. The van der Waals surface area contributed by atoms with Crippen LogP contribution in [0.15, 0.2) is 60.0 Å². The summed E-state index contributed by atoms with van der Waals surface area (Å²) in [4.78, 5) is 4.56. The number of aromatic nitrogens is 1. The summed E-state index contributed by atoms with van der Waals surface area (Å²) in [5, 5.41) is 6.87. The van der Waals surface area contributed by atoms with Crippen LogP contribution in [-0.2, 0) is 0 Å². The number of rotatable bonds is 3. The number of para-hydroxylation sites is 1. The van der Waals surface area contributed by atoms with Gasteiger partial charge < -0.3 is 5.32 Å². The second-order valence-corrected chi connectivity index (χ2v) is 5.27. The van der Waals surface area contributed by atoms with Crippen LogP contribution in [0, 0.1) is 0 Å². The number of anilines is 2. The van der Waals surface area contributed by atoms with Crippen molar-refractivity contribution in [2.75, 3.05) is 5.32 Å². The molecule has 0 atom stereocenters.